The van der Waals surface area contributed by atoms with Gasteiger partial charge < -0.3 is 14.2 Å². The second-order valence-electron chi connectivity index (χ2n) is 5.98. The van der Waals surface area contributed by atoms with E-state index in [1.165, 1.54) is 6.21 Å². The number of hydrogen-bond acceptors (Lipinski definition) is 6. The number of methoxy groups -OCH3 is 2. The number of hydrogen-bond donors (Lipinski definition) is 1. The zero-order valence-corrected chi connectivity index (χ0v) is 15.9. The fraction of sp³-hybridized carbons (Fsp3) is 0.190. The van der Waals surface area contributed by atoms with Crippen LogP contribution in [-0.2, 0) is 4.79 Å². The number of pyridine rings is 1. The third kappa shape index (κ3) is 4.56. The summed E-state index contributed by atoms with van der Waals surface area (Å²) in [6.07, 6.45) is 1.52. The third-order valence-electron chi connectivity index (χ3n) is 3.98. The molecule has 1 amide bonds. The molecule has 0 saturated carbocycles. The van der Waals surface area contributed by atoms with Gasteiger partial charge in [-0.3, -0.25) is 9.78 Å². The van der Waals surface area contributed by atoms with Crippen LogP contribution in [0.15, 0.2) is 53.6 Å². The monoisotopic (exact) mass is 379 g/mol. The number of aryl methyl sites for hydroxylation is 1. The highest BCUT2D eigenvalue weighted by Gasteiger charge is 2.08. The number of benzene rings is 2. The molecule has 0 aliphatic heterocycles. The van der Waals surface area contributed by atoms with E-state index in [2.05, 4.69) is 15.5 Å². The Hall–Kier alpha value is -3.61. The molecule has 0 spiro atoms. The molecule has 7 heteroatoms. The van der Waals surface area contributed by atoms with Crippen molar-refractivity contribution in [3.05, 3.63) is 59.8 Å². The van der Waals surface area contributed by atoms with Crippen LogP contribution in [0.2, 0.25) is 0 Å². The zero-order valence-electron chi connectivity index (χ0n) is 15.9. The summed E-state index contributed by atoms with van der Waals surface area (Å²) in [4.78, 5) is 16.5. The molecule has 1 heterocycles. The highest BCUT2D eigenvalue weighted by Crippen LogP contribution is 2.27. The number of aromatic nitrogens is 1. The number of nitrogens with one attached hydrogen (secondary N) is 1. The molecule has 0 aliphatic rings. The lowest BCUT2D eigenvalue weighted by molar-refractivity contribution is -0.123. The Morgan fingerprint density at radius 1 is 1.07 bits per heavy atom. The van der Waals surface area contributed by atoms with Crippen molar-refractivity contribution in [2.75, 3.05) is 20.8 Å². The Morgan fingerprint density at radius 2 is 1.86 bits per heavy atom. The summed E-state index contributed by atoms with van der Waals surface area (Å²) in [7, 11) is 3.13. The number of nitrogens with zero attached hydrogens (tertiary/aromatic N) is 2. The fourth-order valence-corrected chi connectivity index (χ4v) is 2.68. The Morgan fingerprint density at radius 3 is 2.64 bits per heavy atom. The number of carbonyl (C=O) groups is 1. The predicted octanol–water partition coefficient (Wildman–Crippen LogP) is 3.09. The van der Waals surface area contributed by atoms with E-state index in [9.17, 15) is 4.79 Å². The van der Waals surface area contributed by atoms with E-state index < -0.39 is 0 Å². The smallest absolute Gasteiger partial charge is 0.277 e. The van der Waals surface area contributed by atoms with Crippen molar-refractivity contribution in [2.24, 2.45) is 5.10 Å². The molecule has 2 aromatic carbocycles. The number of hydrazone groups is 1. The first kappa shape index (κ1) is 19.2. The molecule has 0 bridgehead atoms. The van der Waals surface area contributed by atoms with Crippen LogP contribution >= 0.6 is 0 Å². The standard InChI is InChI=1S/C21H21N3O4/c1-14-10-19(16-6-4-5-7-17(16)23-14)28-13-21(25)24-22-12-15-8-9-18(26-2)20(11-15)27-3/h4-12H,13H2,1-3H3,(H,24,25)/b22-12+. The topological polar surface area (TPSA) is 82.0 Å². The van der Waals surface area contributed by atoms with E-state index in [4.69, 9.17) is 14.2 Å². The van der Waals surface area contributed by atoms with Crippen molar-refractivity contribution in [2.45, 2.75) is 6.92 Å². The van der Waals surface area contributed by atoms with Crippen molar-refractivity contribution in [3.8, 4) is 17.2 Å². The molecule has 0 radical (unpaired) electrons. The van der Waals surface area contributed by atoms with Crippen LogP contribution in [0.25, 0.3) is 10.9 Å². The van der Waals surface area contributed by atoms with Crippen LogP contribution in [0.4, 0.5) is 0 Å². The highest BCUT2D eigenvalue weighted by molar-refractivity contribution is 5.86. The molecule has 3 rings (SSSR count). The van der Waals surface area contributed by atoms with Gasteiger partial charge in [0.1, 0.15) is 5.75 Å². The summed E-state index contributed by atoms with van der Waals surface area (Å²) in [6, 6.07) is 14.8. The van der Waals surface area contributed by atoms with Gasteiger partial charge in [0.15, 0.2) is 18.1 Å². The van der Waals surface area contributed by atoms with E-state index in [-0.39, 0.29) is 12.5 Å². The van der Waals surface area contributed by atoms with Crippen LogP contribution in [0.5, 0.6) is 17.2 Å². The average Bonchev–Trinajstić information content (AvgIpc) is 2.71. The summed E-state index contributed by atoms with van der Waals surface area (Å²) in [6.45, 7) is 1.73. The highest BCUT2D eigenvalue weighted by atomic mass is 16.5. The molecule has 1 aromatic heterocycles. The van der Waals surface area contributed by atoms with Gasteiger partial charge in [-0.25, -0.2) is 5.43 Å². The van der Waals surface area contributed by atoms with Crippen molar-refractivity contribution in [3.63, 3.8) is 0 Å². The molecule has 0 fully saturated rings. The summed E-state index contributed by atoms with van der Waals surface area (Å²) < 4.78 is 16.1. The normalized spacial score (nSPS) is 10.8. The van der Waals surface area contributed by atoms with Gasteiger partial charge in [0.05, 0.1) is 26.0 Å². The zero-order chi connectivity index (χ0) is 19.9. The van der Waals surface area contributed by atoms with E-state index in [1.54, 1.807) is 32.4 Å². The lowest BCUT2D eigenvalue weighted by Crippen LogP contribution is -2.24. The average molecular weight is 379 g/mol. The van der Waals surface area contributed by atoms with Gasteiger partial charge in [0, 0.05) is 17.1 Å². The maximum Gasteiger partial charge on any atom is 0.277 e. The van der Waals surface area contributed by atoms with Gasteiger partial charge in [-0.1, -0.05) is 12.1 Å². The minimum atomic E-state index is -0.365. The van der Waals surface area contributed by atoms with Crippen LogP contribution in [0.1, 0.15) is 11.3 Å². The lowest BCUT2D eigenvalue weighted by Gasteiger charge is -2.09. The Labute approximate surface area is 162 Å². The van der Waals surface area contributed by atoms with Gasteiger partial charge in [-0.05, 0) is 42.8 Å². The Kier molecular flexibility index (Phi) is 6.06. The summed E-state index contributed by atoms with van der Waals surface area (Å²) in [5, 5.41) is 4.81. The van der Waals surface area contributed by atoms with Crippen LogP contribution in [0, 0.1) is 6.92 Å². The van der Waals surface area contributed by atoms with E-state index in [0.717, 1.165) is 22.2 Å². The van der Waals surface area contributed by atoms with Gasteiger partial charge in [0.25, 0.3) is 5.91 Å². The van der Waals surface area contributed by atoms with Crippen molar-refractivity contribution < 1.29 is 19.0 Å². The van der Waals surface area contributed by atoms with E-state index >= 15 is 0 Å². The lowest BCUT2D eigenvalue weighted by atomic mass is 10.2. The van der Waals surface area contributed by atoms with Crippen LogP contribution in [0.3, 0.4) is 0 Å². The number of fused-ring (bicyclic) bond motifs is 1. The van der Waals surface area contributed by atoms with Crippen LogP contribution in [-0.4, -0.2) is 37.9 Å². The minimum absolute atomic E-state index is 0.156. The quantitative estimate of drug-likeness (QED) is 0.504. The maximum atomic E-state index is 12.0. The van der Waals surface area contributed by atoms with Gasteiger partial charge >= 0.3 is 0 Å². The van der Waals surface area contributed by atoms with Gasteiger partial charge in [-0.2, -0.15) is 5.10 Å². The van der Waals surface area contributed by atoms with Gasteiger partial charge in [-0.15, -0.1) is 0 Å². The molecule has 0 saturated heterocycles. The molecule has 3 aromatic rings. The first-order valence-corrected chi connectivity index (χ1v) is 8.64. The molecule has 28 heavy (non-hydrogen) atoms. The molecular formula is C21H21N3O4. The SMILES string of the molecule is COc1ccc(/C=N/NC(=O)COc2cc(C)nc3ccccc23)cc1OC. The van der Waals surface area contributed by atoms with Crippen LogP contribution < -0.4 is 19.6 Å². The molecule has 144 valence electrons. The second-order valence-corrected chi connectivity index (χ2v) is 5.98. The molecule has 0 aliphatic carbocycles. The summed E-state index contributed by atoms with van der Waals surface area (Å²) in [5.41, 5.74) is 4.85. The maximum absolute atomic E-state index is 12.0. The minimum Gasteiger partial charge on any atom is -0.493 e. The van der Waals surface area contributed by atoms with Crippen molar-refractivity contribution >= 4 is 23.0 Å². The Bertz CT molecular complexity index is 1020. The fourth-order valence-electron chi connectivity index (χ4n) is 2.68. The number of ether oxygens (including phenoxy) is 3. The molecular weight excluding hydrogens is 358 g/mol. The van der Waals surface area contributed by atoms with Gasteiger partial charge in [0.2, 0.25) is 0 Å². The molecule has 0 unspecified atom stereocenters. The number of amides is 1. The summed E-state index contributed by atoms with van der Waals surface area (Å²) >= 11 is 0. The molecule has 7 nitrogen and oxygen atoms in total. The van der Waals surface area contributed by atoms with E-state index in [0.29, 0.717) is 17.2 Å². The second kappa shape index (κ2) is 8.85. The number of para-hydroxylation sites is 1. The first-order chi connectivity index (χ1) is 13.6. The third-order valence-corrected chi connectivity index (χ3v) is 3.98. The van der Waals surface area contributed by atoms with Crippen molar-refractivity contribution in [1.29, 1.82) is 0 Å². The molecule has 1 N–H and O–H groups in total. The van der Waals surface area contributed by atoms with E-state index in [1.807, 2.05) is 37.3 Å². The van der Waals surface area contributed by atoms with Crippen molar-refractivity contribution in [1.82, 2.24) is 10.4 Å². The molecule has 0 atom stereocenters. The number of rotatable bonds is 7. The first-order valence-electron chi connectivity index (χ1n) is 8.64. The predicted molar refractivity (Wildman–Crippen MR) is 107 cm³/mol. The summed E-state index contributed by atoms with van der Waals surface area (Å²) in [5.74, 6) is 1.45. The number of carbonyl (C=O) groups excluding carboxylic acids is 1. The Balaban J connectivity index is 1.60. The largest absolute Gasteiger partial charge is 0.493 e.